The Morgan fingerprint density at radius 1 is 1.08 bits per heavy atom. The predicted molar refractivity (Wildman–Crippen MR) is 92.6 cm³/mol. The molecule has 132 valence electrons. The highest BCUT2D eigenvalue weighted by Crippen LogP contribution is 2.33. The van der Waals surface area contributed by atoms with E-state index < -0.39 is 20.0 Å². The van der Waals surface area contributed by atoms with E-state index in [4.69, 9.17) is 8.60 Å². The molecule has 1 heterocycles. The Bertz CT molecular complexity index is 1150. The molecular weight excluding hydrogens is 366 g/mol. The smallest absolute Gasteiger partial charge is 0.306 e. The molecule has 3 aromatic rings. The van der Waals surface area contributed by atoms with Gasteiger partial charge in [0.2, 0.25) is 5.89 Å². The summed E-state index contributed by atoms with van der Waals surface area (Å²) in [6.45, 7) is 1.56. The molecule has 7 nitrogen and oxygen atoms in total. The van der Waals surface area contributed by atoms with Crippen LogP contribution in [0.15, 0.2) is 51.8 Å². The summed E-state index contributed by atoms with van der Waals surface area (Å²) < 4.78 is 57.4. The molecule has 0 spiro atoms. The Hall–Kier alpha value is -2.39. The van der Waals surface area contributed by atoms with Crippen LogP contribution in [-0.4, -0.2) is 33.8 Å². The van der Waals surface area contributed by atoms with Crippen LogP contribution in [0.25, 0.3) is 22.6 Å². The van der Waals surface area contributed by atoms with E-state index in [2.05, 4.69) is 4.98 Å². The summed E-state index contributed by atoms with van der Waals surface area (Å²) >= 11 is 0. The molecule has 0 fully saturated rings. The fourth-order valence-electron chi connectivity index (χ4n) is 2.26. The lowest BCUT2D eigenvalue weighted by molar-refractivity contribution is 0.492. The first-order chi connectivity index (χ1) is 11.7. The van der Waals surface area contributed by atoms with Crippen molar-refractivity contribution in [3.63, 3.8) is 0 Å². The van der Waals surface area contributed by atoms with Gasteiger partial charge < -0.3 is 8.60 Å². The number of fused-ring (bicyclic) bond motifs is 1. The van der Waals surface area contributed by atoms with Crippen LogP contribution in [0.1, 0.15) is 6.92 Å². The van der Waals surface area contributed by atoms with Gasteiger partial charge in [-0.05, 0) is 30.3 Å². The van der Waals surface area contributed by atoms with Crippen LogP contribution in [-0.2, 0) is 20.0 Å². The number of para-hydroxylation sites is 1. The minimum absolute atomic E-state index is 0.0196. The highest BCUT2D eigenvalue weighted by atomic mass is 32.2. The summed E-state index contributed by atoms with van der Waals surface area (Å²) in [6, 6.07) is 10.8. The maximum atomic E-state index is 12.0. The van der Waals surface area contributed by atoms with E-state index in [-0.39, 0.29) is 22.3 Å². The van der Waals surface area contributed by atoms with E-state index >= 15 is 0 Å². The maximum absolute atomic E-state index is 12.0. The zero-order valence-corrected chi connectivity index (χ0v) is 15.1. The molecule has 1 aromatic heterocycles. The first kappa shape index (κ1) is 17.4. The van der Waals surface area contributed by atoms with E-state index in [9.17, 15) is 16.8 Å². The van der Waals surface area contributed by atoms with Gasteiger partial charge in [0.15, 0.2) is 21.2 Å². The van der Waals surface area contributed by atoms with Gasteiger partial charge in [-0.2, -0.15) is 8.42 Å². The highest BCUT2D eigenvalue weighted by Gasteiger charge is 2.18. The molecule has 0 saturated heterocycles. The number of oxazole rings is 1. The monoisotopic (exact) mass is 381 g/mol. The highest BCUT2D eigenvalue weighted by molar-refractivity contribution is 7.91. The molecule has 3 rings (SSSR count). The van der Waals surface area contributed by atoms with Gasteiger partial charge in [-0.25, -0.2) is 13.4 Å². The number of rotatable bonds is 5. The van der Waals surface area contributed by atoms with Gasteiger partial charge in [-0.3, -0.25) is 0 Å². The topological polar surface area (TPSA) is 104 Å². The second-order valence-corrected chi connectivity index (χ2v) is 9.19. The standard InChI is InChI=1S/C16H15NO6S2/c1-3-25(20,21)11-8-9-15-13(10-11)17-16(22-15)12-6-4-5-7-14(12)23-24(2,18)19/h4-10H,3H2,1-2H3. The second kappa shape index (κ2) is 6.16. The van der Waals surface area contributed by atoms with E-state index in [0.717, 1.165) is 6.26 Å². The molecule has 0 bridgehead atoms. The lowest BCUT2D eigenvalue weighted by Gasteiger charge is -2.06. The lowest BCUT2D eigenvalue weighted by Crippen LogP contribution is -2.06. The third kappa shape index (κ3) is 3.67. The molecule has 0 amide bonds. The average molecular weight is 381 g/mol. The fraction of sp³-hybridized carbons (Fsp3) is 0.188. The zero-order chi connectivity index (χ0) is 18.2. The molecule has 9 heteroatoms. The Morgan fingerprint density at radius 3 is 2.48 bits per heavy atom. The summed E-state index contributed by atoms with van der Waals surface area (Å²) in [4.78, 5) is 4.43. The number of benzene rings is 2. The van der Waals surface area contributed by atoms with Crippen LogP contribution in [0.5, 0.6) is 5.75 Å². The van der Waals surface area contributed by atoms with Crippen LogP contribution < -0.4 is 4.18 Å². The van der Waals surface area contributed by atoms with Crippen molar-refractivity contribution in [2.45, 2.75) is 11.8 Å². The summed E-state index contributed by atoms with van der Waals surface area (Å²) in [6.07, 6.45) is 0.942. The van der Waals surface area contributed by atoms with Crippen molar-refractivity contribution in [1.29, 1.82) is 0 Å². The molecule has 0 aliphatic heterocycles. The van der Waals surface area contributed by atoms with Crippen LogP contribution in [0, 0.1) is 0 Å². The Balaban J connectivity index is 2.12. The molecule has 0 radical (unpaired) electrons. The minimum atomic E-state index is -3.72. The van der Waals surface area contributed by atoms with Crippen molar-refractivity contribution >= 4 is 31.1 Å². The van der Waals surface area contributed by atoms with Gasteiger partial charge in [0, 0.05) is 0 Å². The number of hydrogen-bond acceptors (Lipinski definition) is 7. The largest absolute Gasteiger partial charge is 0.436 e. The van der Waals surface area contributed by atoms with Crippen molar-refractivity contribution in [3.8, 4) is 17.2 Å². The minimum Gasteiger partial charge on any atom is -0.436 e. The van der Waals surface area contributed by atoms with Crippen molar-refractivity contribution in [1.82, 2.24) is 4.98 Å². The van der Waals surface area contributed by atoms with Gasteiger partial charge in [0.25, 0.3) is 0 Å². The summed E-state index contributed by atoms with van der Waals surface area (Å²) in [5, 5.41) is 0. The molecule has 0 saturated carbocycles. The Morgan fingerprint density at radius 2 is 1.80 bits per heavy atom. The molecule has 2 aromatic carbocycles. The molecule has 0 atom stereocenters. The Labute approximate surface area is 145 Å². The zero-order valence-electron chi connectivity index (χ0n) is 13.5. The molecule has 0 N–H and O–H groups in total. The summed E-state index contributed by atoms with van der Waals surface area (Å²) in [5.41, 5.74) is 1.10. The van der Waals surface area contributed by atoms with Gasteiger partial charge in [0.05, 0.1) is 22.5 Å². The summed E-state index contributed by atoms with van der Waals surface area (Å²) in [7, 11) is -7.08. The van der Waals surface area contributed by atoms with E-state index in [0.29, 0.717) is 16.7 Å². The SMILES string of the molecule is CCS(=O)(=O)c1ccc2oc(-c3ccccc3OS(C)(=O)=O)nc2c1. The van der Waals surface area contributed by atoms with Gasteiger partial charge >= 0.3 is 10.1 Å². The first-order valence-electron chi connectivity index (χ1n) is 7.32. The van der Waals surface area contributed by atoms with Crippen molar-refractivity contribution < 1.29 is 25.4 Å². The van der Waals surface area contributed by atoms with E-state index in [1.54, 1.807) is 25.1 Å². The van der Waals surface area contributed by atoms with Gasteiger partial charge in [-0.1, -0.05) is 19.1 Å². The number of nitrogens with zero attached hydrogens (tertiary/aromatic N) is 1. The lowest BCUT2D eigenvalue weighted by atomic mass is 10.2. The van der Waals surface area contributed by atoms with Gasteiger partial charge in [0.1, 0.15) is 5.52 Å². The first-order valence-corrected chi connectivity index (χ1v) is 10.8. The van der Waals surface area contributed by atoms with Crippen LogP contribution in [0.2, 0.25) is 0 Å². The third-order valence-electron chi connectivity index (χ3n) is 3.46. The maximum Gasteiger partial charge on any atom is 0.306 e. The van der Waals surface area contributed by atoms with Crippen LogP contribution in [0.4, 0.5) is 0 Å². The second-order valence-electron chi connectivity index (χ2n) is 5.34. The van der Waals surface area contributed by atoms with Crippen LogP contribution in [0.3, 0.4) is 0 Å². The summed E-state index contributed by atoms with van der Waals surface area (Å²) in [5.74, 6) is 0.201. The van der Waals surface area contributed by atoms with Gasteiger partial charge in [-0.15, -0.1) is 0 Å². The average Bonchev–Trinajstić information content (AvgIpc) is 2.96. The molecule has 0 aliphatic rings. The third-order valence-corrected chi connectivity index (χ3v) is 5.67. The van der Waals surface area contributed by atoms with E-state index in [1.165, 1.54) is 24.3 Å². The normalized spacial score (nSPS) is 12.4. The molecule has 0 aliphatic carbocycles. The van der Waals surface area contributed by atoms with Crippen molar-refractivity contribution in [2.24, 2.45) is 0 Å². The number of hydrogen-bond donors (Lipinski definition) is 0. The fourth-order valence-corrected chi connectivity index (χ4v) is 3.63. The molecule has 0 unspecified atom stereocenters. The Kier molecular flexibility index (Phi) is 4.29. The van der Waals surface area contributed by atoms with Crippen molar-refractivity contribution in [3.05, 3.63) is 42.5 Å². The number of sulfone groups is 1. The quantitative estimate of drug-likeness (QED) is 0.626. The van der Waals surface area contributed by atoms with Crippen molar-refractivity contribution in [2.75, 3.05) is 12.0 Å². The molecular formula is C16H15NO6S2. The number of aromatic nitrogens is 1. The van der Waals surface area contributed by atoms with E-state index in [1.807, 2.05) is 0 Å². The van der Waals surface area contributed by atoms with Crippen LogP contribution >= 0.6 is 0 Å². The molecule has 25 heavy (non-hydrogen) atoms. The predicted octanol–water partition coefficient (Wildman–Crippen LogP) is 2.63.